The van der Waals surface area contributed by atoms with Crippen LogP contribution in [-0.2, 0) is 0 Å². The summed E-state index contributed by atoms with van der Waals surface area (Å²) in [5.41, 5.74) is 0. The average molecular weight is 253 g/mol. The fourth-order valence-electron chi connectivity index (χ4n) is 2.67. The molecule has 1 N–H and O–H groups in total. The summed E-state index contributed by atoms with van der Waals surface area (Å²) >= 11 is 0. The molecule has 102 valence electrons. The van der Waals surface area contributed by atoms with Crippen LogP contribution in [0.5, 0.6) is 0 Å². The molecule has 0 aromatic carbocycles. The average Bonchev–Trinajstić information content (AvgIpc) is 2.25. The molecule has 1 aliphatic carbocycles. The molecular weight excluding hydrogens is 231 g/mol. The van der Waals surface area contributed by atoms with Gasteiger partial charge in [-0.3, -0.25) is 0 Å². The second-order valence-corrected chi connectivity index (χ2v) is 5.05. The number of rotatable bonds is 4. The molecule has 17 heavy (non-hydrogen) atoms. The lowest BCUT2D eigenvalue weighted by Gasteiger charge is -2.39. The van der Waals surface area contributed by atoms with Crippen LogP contribution in [0.1, 0.15) is 39.0 Å². The highest BCUT2D eigenvalue weighted by Gasteiger charge is 2.33. The second-order valence-electron chi connectivity index (χ2n) is 5.05. The lowest BCUT2D eigenvalue weighted by atomic mass is 9.80. The molecule has 5 heteroatoms. The van der Waals surface area contributed by atoms with E-state index in [9.17, 15) is 18.3 Å². The molecule has 0 aliphatic heterocycles. The Morgan fingerprint density at radius 3 is 2.47 bits per heavy atom. The third-order valence-corrected chi connectivity index (χ3v) is 3.77. The van der Waals surface area contributed by atoms with Gasteiger partial charge in [-0.1, -0.05) is 13.3 Å². The SMILES string of the molecule is CCC1CCC(O)CC1N(C)CCC(F)(F)F. The number of aliphatic hydroxyl groups excluding tert-OH is 1. The number of halogens is 3. The minimum atomic E-state index is -4.09. The van der Waals surface area contributed by atoms with Gasteiger partial charge in [0, 0.05) is 12.6 Å². The molecule has 1 aliphatic rings. The van der Waals surface area contributed by atoms with Gasteiger partial charge >= 0.3 is 6.18 Å². The fraction of sp³-hybridized carbons (Fsp3) is 1.00. The number of nitrogens with zero attached hydrogens (tertiary/aromatic N) is 1. The van der Waals surface area contributed by atoms with Gasteiger partial charge in [-0.25, -0.2) is 0 Å². The fourth-order valence-corrected chi connectivity index (χ4v) is 2.67. The Morgan fingerprint density at radius 2 is 1.94 bits per heavy atom. The zero-order valence-corrected chi connectivity index (χ0v) is 10.5. The minimum Gasteiger partial charge on any atom is -0.393 e. The summed E-state index contributed by atoms with van der Waals surface area (Å²) in [5, 5.41) is 9.62. The number of aliphatic hydroxyl groups is 1. The molecule has 2 nitrogen and oxygen atoms in total. The highest BCUT2D eigenvalue weighted by Crippen LogP contribution is 2.31. The van der Waals surface area contributed by atoms with E-state index in [-0.39, 0.29) is 18.7 Å². The van der Waals surface area contributed by atoms with Crippen molar-refractivity contribution in [2.24, 2.45) is 5.92 Å². The molecule has 1 fully saturated rings. The van der Waals surface area contributed by atoms with Gasteiger partial charge in [0.1, 0.15) is 0 Å². The van der Waals surface area contributed by atoms with Crippen LogP contribution in [0.3, 0.4) is 0 Å². The van der Waals surface area contributed by atoms with E-state index in [4.69, 9.17) is 0 Å². The van der Waals surface area contributed by atoms with Crippen LogP contribution >= 0.6 is 0 Å². The predicted octanol–water partition coefficient (Wildman–Crippen LogP) is 2.81. The maximum atomic E-state index is 12.2. The maximum Gasteiger partial charge on any atom is 0.390 e. The van der Waals surface area contributed by atoms with Crippen molar-refractivity contribution < 1.29 is 18.3 Å². The Balaban J connectivity index is 2.49. The summed E-state index contributed by atoms with van der Waals surface area (Å²) in [5.74, 6) is 0.414. The normalized spacial score (nSPS) is 30.9. The molecule has 0 radical (unpaired) electrons. The first kappa shape index (κ1) is 14.8. The summed E-state index contributed by atoms with van der Waals surface area (Å²) in [7, 11) is 1.73. The Bertz CT molecular complexity index is 232. The van der Waals surface area contributed by atoms with Crippen molar-refractivity contribution in [3.63, 3.8) is 0 Å². The van der Waals surface area contributed by atoms with E-state index in [0.29, 0.717) is 12.3 Å². The van der Waals surface area contributed by atoms with Gasteiger partial charge in [-0.2, -0.15) is 13.2 Å². The Hall–Kier alpha value is -0.290. The first-order valence-electron chi connectivity index (χ1n) is 6.28. The van der Waals surface area contributed by atoms with Gasteiger partial charge in [-0.05, 0) is 32.2 Å². The smallest absolute Gasteiger partial charge is 0.390 e. The topological polar surface area (TPSA) is 23.5 Å². The summed E-state index contributed by atoms with van der Waals surface area (Å²) in [4.78, 5) is 1.77. The van der Waals surface area contributed by atoms with E-state index < -0.39 is 12.6 Å². The quantitative estimate of drug-likeness (QED) is 0.832. The Labute approximate surface area is 101 Å². The zero-order valence-electron chi connectivity index (χ0n) is 10.5. The van der Waals surface area contributed by atoms with Gasteiger partial charge in [0.15, 0.2) is 0 Å². The van der Waals surface area contributed by atoms with E-state index in [1.54, 1.807) is 11.9 Å². The lowest BCUT2D eigenvalue weighted by Crippen LogP contribution is -2.44. The van der Waals surface area contributed by atoms with Crippen LogP contribution in [0.15, 0.2) is 0 Å². The van der Waals surface area contributed by atoms with Crippen molar-refractivity contribution >= 4 is 0 Å². The van der Waals surface area contributed by atoms with Crippen LogP contribution in [0.25, 0.3) is 0 Å². The monoisotopic (exact) mass is 253 g/mol. The van der Waals surface area contributed by atoms with Crippen LogP contribution < -0.4 is 0 Å². The lowest BCUT2D eigenvalue weighted by molar-refractivity contribution is -0.139. The molecule has 3 unspecified atom stereocenters. The number of alkyl halides is 3. The molecule has 1 saturated carbocycles. The van der Waals surface area contributed by atoms with E-state index in [1.165, 1.54) is 0 Å². The molecule has 0 bridgehead atoms. The molecule has 1 rings (SSSR count). The molecule has 0 spiro atoms. The van der Waals surface area contributed by atoms with Crippen LogP contribution in [-0.4, -0.2) is 41.9 Å². The first-order valence-corrected chi connectivity index (χ1v) is 6.28. The van der Waals surface area contributed by atoms with E-state index in [2.05, 4.69) is 6.92 Å². The van der Waals surface area contributed by atoms with Crippen molar-refractivity contribution in [3.8, 4) is 0 Å². The molecule has 0 amide bonds. The van der Waals surface area contributed by atoms with Crippen LogP contribution in [0.4, 0.5) is 13.2 Å². The van der Waals surface area contributed by atoms with Gasteiger partial charge in [0.2, 0.25) is 0 Å². The molecule has 0 aromatic heterocycles. The molecule has 0 saturated heterocycles. The molecule has 0 aromatic rings. The third-order valence-electron chi connectivity index (χ3n) is 3.77. The minimum absolute atomic E-state index is 0.0252. The second kappa shape index (κ2) is 6.05. The zero-order chi connectivity index (χ0) is 13.1. The largest absolute Gasteiger partial charge is 0.393 e. The maximum absolute atomic E-state index is 12.2. The summed E-state index contributed by atoms with van der Waals surface area (Å²) in [6.07, 6.45) is -1.95. The van der Waals surface area contributed by atoms with E-state index >= 15 is 0 Å². The van der Waals surface area contributed by atoms with E-state index in [0.717, 1.165) is 19.3 Å². The first-order chi connectivity index (χ1) is 7.83. The molecule has 3 atom stereocenters. The number of hydrogen-bond acceptors (Lipinski definition) is 2. The Morgan fingerprint density at radius 1 is 1.29 bits per heavy atom. The van der Waals surface area contributed by atoms with Crippen LogP contribution in [0.2, 0.25) is 0 Å². The standard InChI is InChI=1S/C12H22F3NO/c1-3-9-4-5-10(17)8-11(9)16(2)7-6-12(13,14)15/h9-11,17H,3-8H2,1-2H3. The van der Waals surface area contributed by atoms with Gasteiger partial charge in [0.25, 0.3) is 0 Å². The summed E-state index contributed by atoms with van der Waals surface area (Å²) in [6.45, 7) is 2.09. The van der Waals surface area contributed by atoms with Crippen molar-refractivity contribution in [2.45, 2.75) is 57.3 Å². The molecular formula is C12H22F3NO. The highest BCUT2D eigenvalue weighted by molar-refractivity contribution is 4.85. The highest BCUT2D eigenvalue weighted by atomic mass is 19.4. The summed E-state index contributed by atoms with van der Waals surface area (Å²) < 4.78 is 36.5. The van der Waals surface area contributed by atoms with Gasteiger partial charge in [0.05, 0.1) is 12.5 Å². The van der Waals surface area contributed by atoms with Gasteiger partial charge < -0.3 is 10.0 Å². The van der Waals surface area contributed by atoms with Gasteiger partial charge in [-0.15, -0.1) is 0 Å². The van der Waals surface area contributed by atoms with E-state index in [1.807, 2.05) is 0 Å². The van der Waals surface area contributed by atoms with Crippen LogP contribution in [0, 0.1) is 5.92 Å². The van der Waals surface area contributed by atoms with Crippen molar-refractivity contribution in [3.05, 3.63) is 0 Å². The summed E-state index contributed by atoms with van der Waals surface area (Å²) in [6, 6.07) is 0.0890. The molecule has 0 heterocycles. The number of hydrogen-bond donors (Lipinski definition) is 1. The van der Waals surface area contributed by atoms with Crippen molar-refractivity contribution in [1.82, 2.24) is 4.90 Å². The third kappa shape index (κ3) is 4.84. The Kier molecular flexibility index (Phi) is 5.25. The predicted molar refractivity (Wildman–Crippen MR) is 60.7 cm³/mol. The van der Waals surface area contributed by atoms with Crippen molar-refractivity contribution in [2.75, 3.05) is 13.6 Å². The van der Waals surface area contributed by atoms with Crippen molar-refractivity contribution in [1.29, 1.82) is 0 Å².